The van der Waals surface area contributed by atoms with Crippen molar-refractivity contribution in [2.45, 2.75) is 31.7 Å². The molecule has 0 fully saturated rings. The highest BCUT2D eigenvalue weighted by molar-refractivity contribution is 7.89. The van der Waals surface area contributed by atoms with Crippen LogP contribution >= 0.6 is 23.2 Å². The summed E-state index contributed by atoms with van der Waals surface area (Å²) in [5.74, 6) is -1.27. The molecule has 0 heterocycles. The summed E-state index contributed by atoms with van der Waals surface area (Å²) in [5, 5.41) is 9.03. The standard InChI is InChI=1S/C12H15Cl2NO4S/c1-12(2,3)10(11(16)17)15-20(18,19)9-7(13)5-4-6-8(9)14/h4-6,10,15H,1-3H3,(H,16,17)/t10-/m1/s1. The van der Waals surface area contributed by atoms with Gasteiger partial charge < -0.3 is 5.11 Å². The van der Waals surface area contributed by atoms with Gasteiger partial charge in [0, 0.05) is 0 Å². The maximum absolute atomic E-state index is 12.3. The van der Waals surface area contributed by atoms with E-state index in [0.29, 0.717) is 0 Å². The molecule has 2 N–H and O–H groups in total. The summed E-state index contributed by atoms with van der Waals surface area (Å²) in [6, 6.07) is 2.94. The molecule has 0 aromatic heterocycles. The number of halogens is 2. The average molecular weight is 340 g/mol. The lowest BCUT2D eigenvalue weighted by molar-refractivity contribution is -0.141. The Morgan fingerprint density at radius 3 is 2.05 bits per heavy atom. The molecule has 1 rings (SSSR count). The first-order valence-electron chi connectivity index (χ1n) is 5.66. The quantitative estimate of drug-likeness (QED) is 0.883. The maximum atomic E-state index is 12.3. The number of carboxylic acid groups (broad SMARTS) is 1. The van der Waals surface area contributed by atoms with Crippen molar-refractivity contribution in [3.8, 4) is 0 Å². The number of carbonyl (C=O) groups is 1. The van der Waals surface area contributed by atoms with Crippen LogP contribution < -0.4 is 4.72 Å². The van der Waals surface area contributed by atoms with Gasteiger partial charge >= 0.3 is 5.97 Å². The molecule has 1 aromatic carbocycles. The molecule has 0 aliphatic rings. The Kier molecular flexibility index (Phi) is 5.08. The molecule has 1 aromatic rings. The fraction of sp³-hybridized carbons (Fsp3) is 0.417. The van der Waals surface area contributed by atoms with Gasteiger partial charge in [-0.3, -0.25) is 4.79 Å². The smallest absolute Gasteiger partial charge is 0.322 e. The zero-order chi connectivity index (χ0) is 15.7. The first-order chi connectivity index (χ1) is 8.97. The Morgan fingerprint density at radius 1 is 1.25 bits per heavy atom. The van der Waals surface area contributed by atoms with Crippen LogP contribution in [0.15, 0.2) is 23.1 Å². The van der Waals surface area contributed by atoms with Crippen LogP contribution in [0.3, 0.4) is 0 Å². The Morgan fingerprint density at radius 2 is 1.70 bits per heavy atom. The first-order valence-corrected chi connectivity index (χ1v) is 7.90. The summed E-state index contributed by atoms with van der Waals surface area (Å²) < 4.78 is 26.7. The monoisotopic (exact) mass is 339 g/mol. The molecule has 0 saturated heterocycles. The number of nitrogens with one attached hydrogen (secondary N) is 1. The van der Waals surface area contributed by atoms with E-state index in [-0.39, 0.29) is 14.9 Å². The second-order valence-electron chi connectivity index (χ2n) is 5.31. The molecule has 5 nitrogen and oxygen atoms in total. The van der Waals surface area contributed by atoms with E-state index < -0.39 is 27.4 Å². The first kappa shape index (κ1) is 17.2. The van der Waals surface area contributed by atoms with E-state index in [0.717, 1.165) is 0 Å². The molecule has 0 saturated carbocycles. The molecule has 0 radical (unpaired) electrons. The number of hydrogen-bond donors (Lipinski definition) is 2. The fourth-order valence-corrected chi connectivity index (χ4v) is 4.09. The third kappa shape index (κ3) is 3.85. The molecule has 0 unspecified atom stereocenters. The largest absolute Gasteiger partial charge is 0.480 e. The number of benzene rings is 1. The molecule has 8 heteroatoms. The number of sulfonamides is 1. The zero-order valence-corrected chi connectivity index (χ0v) is 13.5. The predicted molar refractivity (Wildman–Crippen MR) is 77.7 cm³/mol. The van der Waals surface area contributed by atoms with E-state index in [4.69, 9.17) is 28.3 Å². The normalized spacial score (nSPS) is 14.1. The number of carboxylic acids is 1. The number of aliphatic carboxylic acids is 1. The van der Waals surface area contributed by atoms with Crippen molar-refractivity contribution in [3.05, 3.63) is 28.2 Å². The highest BCUT2D eigenvalue weighted by Gasteiger charge is 2.36. The Hall–Kier alpha value is -0.820. The van der Waals surface area contributed by atoms with E-state index in [1.807, 2.05) is 0 Å². The van der Waals surface area contributed by atoms with Crippen LogP contribution in [0.2, 0.25) is 10.0 Å². The molecule has 0 bridgehead atoms. The van der Waals surface area contributed by atoms with Crippen molar-refractivity contribution in [2.24, 2.45) is 5.41 Å². The lowest BCUT2D eigenvalue weighted by Gasteiger charge is -2.27. The van der Waals surface area contributed by atoms with Gasteiger partial charge in [0.15, 0.2) is 0 Å². The summed E-state index contributed by atoms with van der Waals surface area (Å²) in [7, 11) is -4.14. The van der Waals surface area contributed by atoms with Crippen molar-refractivity contribution in [1.29, 1.82) is 0 Å². The molecule has 112 valence electrons. The van der Waals surface area contributed by atoms with E-state index >= 15 is 0 Å². The highest BCUT2D eigenvalue weighted by atomic mass is 35.5. The third-order valence-electron chi connectivity index (χ3n) is 2.57. The van der Waals surface area contributed by atoms with Crippen LogP contribution in [-0.2, 0) is 14.8 Å². The molecule has 0 aliphatic carbocycles. The highest BCUT2D eigenvalue weighted by Crippen LogP contribution is 2.30. The van der Waals surface area contributed by atoms with Gasteiger partial charge in [0.05, 0.1) is 10.0 Å². The zero-order valence-electron chi connectivity index (χ0n) is 11.1. The van der Waals surface area contributed by atoms with Gasteiger partial charge in [-0.25, -0.2) is 8.42 Å². The van der Waals surface area contributed by atoms with E-state index in [2.05, 4.69) is 4.72 Å². The summed E-state index contributed by atoms with van der Waals surface area (Å²) >= 11 is 11.7. The summed E-state index contributed by atoms with van der Waals surface area (Å²) in [5.41, 5.74) is -0.813. The van der Waals surface area contributed by atoms with Crippen LogP contribution in [0.4, 0.5) is 0 Å². The van der Waals surface area contributed by atoms with Crippen LogP contribution in [0.1, 0.15) is 20.8 Å². The number of hydrogen-bond acceptors (Lipinski definition) is 3. The summed E-state index contributed by atoms with van der Waals surface area (Å²) in [6.07, 6.45) is 0. The van der Waals surface area contributed by atoms with Crippen molar-refractivity contribution in [1.82, 2.24) is 4.72 Å². The molecule has 20 heavy (non-hydrogen) atoms. The van der Waals surface area contributed by atoms with Gasteiger partial charge in [0.25, 0.3) is 0 Å². The van der Waals surface area contributed by atoms with Crippen molar-refractivity contribution in [2.75, 3.05) is 0 Å². The molecule has 0 aliphatic heterocycles. The molecular weight excluding hydrogens is 325 g/mol. The van der Waals surface area contributed by atoms with Crippen molar-refractivity contribution in [3.63, 3.8) is 0 Å². The van der Waals surface area contributed by atoms with Crippen LogP contribution in [0.5, 0.6) is 0 Å². The molecule has 0 spiro atoms. The topological polar surface area (TPSA) is 83.5 Å². The second kappa shape index (κ2) is 5.89. The molecule has 1 atom stereocenters. The van der Waals surface area contributed by atoms with Gasteiger partial charge in [-0.05, 0) is 17.5 Å². The van der Waals surface area contributed by atoms with E-state index in [9.17, 15) is 13.2 Å². The lowest BCUT2D eigenvalue weighted by Crippen LogP contribution is -2.49. The average Bonchev–Trinajstić information content (AvgIpc) is 2.23. The summed E-state index contributed by atoms with van der Waals surface area (Å²) in [4.78, 5) is 10.9. The molecule has 0 amide bonds. The SMILES string of the molecule is CC(C)(C)[C@H](NS(=O)(=O)c1c(Cl)cccc1Cl)C(=O)O. The van der Waals surface area contributed by atoms with Gasteiger partial charge in [0.2, 0.25) is 10.0 Å². The van der Waals surface area contributed by atoms with Gasteiger partial charge in [-0.15, -0.1) is 0 Å². The summed E-state index contributed by atoms with van der Waals surface area (Å²) in [6.45, 7) is 4.84. The minimum Gasteiger partial charge on any atom is -0.480 e. The Balaban J connectivity index is 3.28. The van der Waals surface area contributed by atoms with E-state index in [1.54, 1.807) is 20.8 Å². The van der Waals surface area contributed by atoms with Gasteiger partial charge in [-0.2, -0.15) is 4.72 Å². The van der Waals surface area contributed by atoms with Gasteiger partial charge in [-0.1, -0.05) is 50.0 Å². The van der Waals surface area contributed by atoms with Crippen LogP contribution in [0.25, 0.3) is 0 Å². The minimum absolute atomic E-state index is 0.0666. The Labute approximate surface area is 127 Å². The van der Waals surface area contributed by atoms with E-state index in [1.165, 1.54) is 18.2 Å². The fourth-order valence-electron chi connectivity index (χ4n) is 1.55. The van der Waals surface area contributed by atoms with Crippen LogP contribution in [0, 0.1) is 5.41 Å². The second-order valence-corrected chi connectivity index (χ2v) is 7.77. The van der Waals surface area contributed by atoms with Crippen molar-refractivity contribution >= 4 is 39.2 Å². The maximum Gasteiger partial charge on any atom is 0.322 e. The number of rotatable bonds is 4. The third-order valence-corrected chi connectivity index (χ3v) is 4.95. The van der Waals surface area contributed by atoms with Crippen molar-refractivity contribution < 1.29 is 18.3 Å². The van der Waals surface area contributed by atoms with Crippen LogP contribution in [-0.4, -0.2) is 25.5 Å². The predicted octanol–water partition coefficient (Wildman–Crippen LogP) is 2.77. The Bertz CT molecular complexity index is 603. The lowest BCUT2D eigenvalue weighted by atomic mass is 9.88. The minimum atomic E-state index is -4.14. The molecular formula is C12H15Cl2NO4S. The van der Waals surface area contributed by atoms with Gasteiger partial charge in [0.1, 0.15) is 10.9 Å².